The molecule has 2 N–H and O–H groups in total. The summed E-state index contributed by atoms with van der Waals surface area (Å²) in [5, 5.41) is 7.87. The Hall–Kier alpha value is -2.36. The van der Waals surface area contributed by atoms with Gasteiger partial charge in [0, 0.05) is 10.7 Å². The summed E-state index contributed by atoms with van der Waals surface area (Å²) in [6.45, 7) is 2.11. The first-order valence-corrected chi connectivity index (χ1v) is 8.85. The minimum atomic E-state index is -0.0263. The second-order valence-electron chi connectivity index (χ2n) is 5.81. The Morgan fingerprint density at radius 2 is 1.64 bits per heavy atom. The van der Waals surface area contributed by atoms with Crippen LogP contribution in [0.5, 0.6) is 0 Å². The molecular weight excluding hydrogens is 348 g/mol. The second kappa shape index (κ2) is 8.15. The molecule has 3 rings (SSSR count). The van der Waals surface area contributed by atoms with Crippen LogP contribution in [0.2, 0.25) is 5.02 Å². The number of hydrogen-bond donors (Lipinski definition) is 2. The summed E-state index contributed by atoms with van der Waals surface area (Å²) < 4.78 is 0. The van der Waals surface area contributed by atoms with Gasteiger partial charge in [0.1, 0.15) is 0 Å². The molecule has 1 atom stereocenters. The van der Waals surface area contributed by atoms with Crippen LogP contribution < -0.4 is 10.6 Å². The number of benzene rings is 3. The third-order valence-corrected chi connectivity index (χ3v) is 4.45. The summed E-state index contributed by atoms with van der Waals surface area (Å²) in [5.74, 6) is 0. The Kier molecular flexibility index (Phi) is 5.69. The molecule has 126 valence electrons. The zero-order valence-corrected chi connectivity index (χ0v) is 15.4. The van der Waals surface area contributed by atoms with Crippen molar-refractivity contribution in [3.8, 4) is 0 Å². The van der Waals surface area contributed by atoms with Crippen molar-refractivity contribution in [2.75, 3.05) is 5.32 Å². The smallest absolute Gasteiger partial charge is 0.171 e. The van der Waals surface area contributed by atoms with E-state index < -0.39 is 0 Å². The van der Waals surface area contributed by atoms with Crippen molar-refractivity contribution in [2.24, 2.45) is 0 Å². The summed E-state index contributed by atoms with van der Waals surface area (Å²) in [6.07, 6.45) is 0. The largest absolute Gasteiger partial charge is 0.352 e. The molecule has 3 aromatic rings. The van der Waals surface area contributed by atoms with E-state index >= 15 is 0 Å². The van der Waals surface area contributed by atoms with Gasteiger partial charge in [-0.15, -0.1) is 0 Å². The number of anilines is 1. The van der Waals surface area contributed by atoms with Gasteiger partial charge in [0.2, 0.25) is 0 Å². The van der Waals surface area contributed by atoms with Crippen LogP contribution in [-0.4, -0.2) is 5.11 Å². The fraction of sp³-hybridized carbons (Fsp3) is 0.0952. The lowest BCUT2D eigenvalue weighted by atomic mass is 9.95. The Morgan fingerprint density at radius 1 is 0.920 bits per heavy atom. The first kappa shape index (κ1) is 17.5. The zero-order chi connectivity index (χ0) is 17.6. The highest BCUT2D eigenvalue weighted by molar-refractivity contribution is 7.80. The van der Waals surface area contributed by atoms with Gasteiger partial charge in [-0.3, -0.25) is 0 Å². The normalized spacial score (nSPS) is 11.6. The molecule has 3 aromatic carbocycles. The first-order valence-electron chi connectivity index (χ1n) is 8.07. The topological polar surface area (TPSA) is 24.1 Å². The van der Waals surface area contributed by atoms with Crippen molar-refractivity contribution in [3.05, 3.63) is 101 Å². The van der Waals surface area contributed by atoms with Gasteiger partial charge in [0.15, 0.2) is 5.11 Å². The van der Waals surface area contributed by atoms with Crippen molar-refractivity contribution in [1.82, 2.24) is 5.32 Å². The van der Waals surface area contributed by atoms with E-state index in [2.05, 4.69) is 41.8 Å². The average Bonchev–Trinajstić information content (AvgIpc) is 2.61. The summed E-state index contributed by atoms with van der Waals surface area (Å²) in [4.78, 5) is 0. The van der Waals surface area contributed by atoms with Crippen LogP contribution in [0.3, 0.4) is 0 Å². The molecule has 4 heteroatoms. The highest BCUT2D eigenvalue weighted by Gasteiger charge is 2.16. The van der Waals surface area contributed by atoms with Crippen molar-refractivity contribution in [2.45, 2.75) is 13.0 Å². The van der Waals surface area contributed by atoms with Crippen LogP contribution in [0.15, 0.2) is 78.9 Å². The predicted octanol–water partition coefficient (Wildman–Crippen LogP) is 5.72. The Balaban J connectivity index is 1.85. The van der Waals surface area contributed by atoms with Crippen LogP contribution in [0.1, 0.15) is 22.7 Å². The minimum Gasteiger partial charge on any atom is -0.352 e. The van der Waals surface area contributed by atoms with Crippen LogP contribution in [0.4, 0.5) is 5.69 Å². The standard InChI is InChI=1S/C21H19ClN2S/c1-15-8-5-6-13-19(15)20(16-9-3-2-4-10-16)24-21(25)23-18-12-7-11-17(22)14-18/h2-14,20H,1H3,(H2,23,24,25)/t20-/m1/s1. The molecule has 0 aromatic heterocycles. The van der Waals surface area contributed by atoms with E-state index in [0.717, 1.165) is 11.3 Å². The summed E-state index contributed by atoms with van der Waals surface area (Å²) >= 11 is 11.6. The maximum Gasteiger partial charge on any atom is 0.171 e. The molecule has 0 spiro atoms. The number of hydrogen-bond acceptors (Lipinski definition) is 1. The van der Waals surface area contributed by atoms with E-state index in [-0.39, 0.29) is 6.04 Å². The molecule has 0 amide bonds. The van der Waals surface area contributed by atoms with Crippen molar-refractivity contribution < 1.29 is 0 Å². The first-order chi connectivity index (χ1) is 12.1. The number of rotatable bonds is 4. The van der Waals surface area contributed by atoms with Crippen molar-refractivity contribution in [3.63, 3.8) is 0 Å². The molecule has 0 bridgehead atoms. The van der Waals surface area contributed by atoms with Gasteiger partial charge >= 0.3 is 0 Å². The SMILES string of the molecule is Cc1ccccc1[C@H](NC(=S)Nc1cccc(Cl)c1)c1ccccc1. The highest BCUT2D eigenvalue weighted by Crippen LogP contribution is 2.25. The van der Waals surface area contributed by atoms with E-state index in [1.54, 1.807) is 0 Å². The summed E-state index contributed by atoms with van der Waals surface area (Å²) in [7, 11) is 0. The molecule has 0 heterocycles. The van der Waals surface area contributed by atoms with Gasteiger partial charge in [-0.05, 0) is 54.0 Å². The van der Waals surface area contributed by atoms with Crippen LogP contribution >= 0.6 is 23.8 Å². The van der Waals surface area contributed by atoms with Gasteiger partial charge in [0.05, 0.1) is 6.04 Å². The molecule has 0 aliphatic carbocycles. The summed E-state index contributed by atoms with van der Waals surface area (Å²) in [5.41, 5.74) is 4.44. The van der Waals surface area contributed by atoms with Crippen molar-refractivity contribution >= 4 is 34.6 Å². The number of aryl methyl sites for hydroxylation is 1. The molecule has 25 heavy (non-hydrogen) atoms. The molecular formula is C21H19ClN2S. The quantitative estimate of drug-likeness (QED) is 0.577. The lowest BCUT2D eigenvalue weighted by molar-refractivity contribution is 0.762. The molecule has 0 aliphatic heterocycles. The van der Waals surface area contributed by atoms with Gasteiger partial charge in [-0.25, -0.2) is 0 Å². The van der Waals surface area contributed by atoms with Gasteiger partial charge < -0.3 is 10.6 Å². The molecule has 0 radical (unpaired) electrons. The number of thiocarbonyl (C=S) groups is 1. The third-order valence-electron chi connectivity index (χ3n) is 3.99. The van der Waals surface area contributed by atoms with Gasteiger partial charge in [-0.1, -0.05) is 72.3 Å². The van der Waals surface area contributed by atoms with E-state index in [9.17, 15) is 0 Å². The predicted molar refractivity (Wildman–Crippen MR) is 110 cm³/mol. The van der Waals surface area contributed by atoms with E-state index in [0.29, 0.717) is 10.1 Å². The van der Waals surface area contributed by atoms with Crippen molar-refractivity contribution in [1.29, 1.82) is 0 Å². The number of halogens is 1. The Morgan fingerprint density at radius 3 is 2.36 bits per heavy atom. The molecule has 0 aliphatic rings. The molecule has 0 saturated heterocycles. The third kappa shape index (κ3) is 4.59. The molecule has 2 nitrogen and oxygen atoms in total. The molecule has 0 fully saturated rings. The summed E-state index contributed by atoms with van der Waals surface area (Å²) in [6, 6.07) is 26.1. The fourth-order valence-electron chi connectivity index (χ4n) is 2.76. The minimum absolute atomic E-state index is 0.0263. The van der Waals surface area contributed by atoms with Crippen LogP contribution in [-0.2, 0) is 0 Å². The Labute approximate surface area is 158 Å². The fourth-order valence-corrected chi connectivity index (χ4v) is 3.19. The average molecular weight is 367 g/mol. The monoisotopic (exact) mass is 366 g/mol. The van der Waals surface area contributed by atoms with E-state index in [4.69, 9.17) is 23.8 Å². The van der Waals surface area contributed by atoms with Gasteiger partial charge in [-0.2, -0.15) is 0 Å². The highest BCUT2D eigenvalue weighted by atomic mass is 35.5. The second-order valence-corrected chi connectivity index (χ2v) is 6.65. The lowest BCUT2D eigenvalue weighted by Gasteiger charge is -2.23. The molecule has 0 saturated carbocycles. The maximum absolute atomic E-state index is 6.04. The maximum atomic E-state index is 6.04. The van der Waals surface area contributed by atoms with Gasteiger partial charge in [0.25, 0.3) is 0 Å². The van der Waals surface area contributed by atoms with Crippen LogP contribution in [0.25, 0.3) is 0 Å². The Bertz CT molecular complexity index is 865. The van der Waals surface area contributed by atoms with Crippen LogP contribution in [0, 0.1) is 6.92 Å². The lowest BCUT2D eigenvalue weighted by Crippen LogP contribution is -2.33. The van der Waals surface area contributed by atoms with E-state index in [1.165, 1.54) is 11.1 Å². The molecule has 0 unspecified atom stereocenters. The zero-order valence-electron chi connectivity index (χ0n) is 13.9. The number of nitrogens with one attached hydrogen (secondary N) is 2. The van der Waals surface area contributed by atoms with E-state index in [1.807, 2.05) is 54.6 Å².